The van der Waals surface area contributed by atoms with E-state index in [-0.39, 0.29) is 5.91 Å². The van der Waals surface area contributed by atoms with Crippen LogP contribution in [0.2, 0.25) is 0 Å². The number of hydrogen-bond donors (Lipinski definition) is 2. The Morgan fingerprint density at radius 1 is 1.60 bits per heavy atom. The van der Waals surface area contributed by atoms with E-state index in [0.29, 0.717) is 25.3 Å². The van der Waals surface area contributed by atoms with E-state index in [1.807, 2.05) is 6.07 Å². The molecule has 1 aromatic carbocycles. The zero-order valence-corrected chi connectivity index (χ0v) is 11.3. The monoisotopic (exact) mass is 275 g/mol. The molecule has 1 amide bonds. The quantitative estimate of drug-likeness (QED) is 0.876. The number of aromatic nitrogens is 2. The molecule has 1 saturated heterocycles. The van der Waals surface area contributed by atoms with Crippen molar-refractivity contribution < 1.29 is 14.3 Å². The van der Waals surface area contributed by atoms with Crippen LogP contribution >= 0.6 is 0 Å². The van der Waals surface area contributed by atoms with Crippen LogP contribution in [0.15, 0.2) is 24.5 Å². The zero-order chi connectivity index (χ0) is 14.0. The summed E-state index contributed by atoms with van der Waals surface area (Å²) >= 11 is 0. The molecule has 2 aromatic rings. The van der Waals surface area contributed by atoms with Gasteiger partial charge in [-0.2, -0.15) is 0 Å². The van der Waals surface area contributed by atoms with Crippen LogP contribution in [0.4, 0.5) is 0 Å². The molecular weight excluding hydrogens is 258 g/mol. The summed E-state index contributed by atoms with van der Waals surface area (Å²) in [5.41, 5.74) is 1.91. The second kappa shape index (κ2) is 5.22. The Balaban J connectivity index is 1.69. The Hall–Kier alpha value is -1.92. The molecule has 0 saturated carbocycles. The van der Waals surface area contributed by atoms with E-state index in [4.69, 9.17) is 9.47 Å². The highest BCUT2D eigenvalue weighted by Gasteiger charge is 2.35. The molecule has 1 aliphatic rings. The van der Waals surface area contributed by atoms with E-state index in [2.05, 4.69) is 15.3 Å². The summed E-state index contributed by atoms with van der Waals surface area (Å²) in [5, 5.41) is 2.91. The maximum absolute atomic E-state index is 12.2. The van der Waals surface area contributed by atoms with E-state index < -0.39 is 5.60 Å². The molecular formula is C14H17N3O3. The third kappa shape index (κ3) is 2.39. The number of carbonyl (C=O) groups is 1. The molecule has 20 heavy (non-hydrogen) atoms. The van der Waals surface area contributed by atoms with Crippen molar-refractivity contribution in [3.05, 3.63) is 30.1 Å². The minimum atomic E-state index is -0.395. The van der Waals surface area contributed by atoms with Crippen molar-refractivity contribution in [2.45, 2.75) is 12.0 Å². The average molecular weight is 275 g/mol. The number of hydrogen-bond acceptors (Lipinski definition) is 4. The summed E-state index contributed by atoms with van der Waals surface area (Å²) in [6, 6.07) is 5.39. The summed E-state index contributed by atoms with van der Waals surface area (Å²) in [6.45, 7) is 1.64. The van der Waals surface area contributed by atoms with Gasteiger partial charge in [0.1, 0.15) is 5.60 Å². The number of amides is 1. The molecule has 0 radical (unpaired) electrons. The van der Waals surface area contributed by atoms with Gasteiger partial charge in [0.25, 0.3) is 5.91 Å². The lowest BCUT2D eigenvalue weighted by Crippen LogP contribution is -2.45. The van der Waals surface area contributed by atoms with Gasteiger partial charge in [0.2, 0.25) is 0 Å². The number of rotatable bonds is 4. The number of nitrogens with zero attached hydrogens (tertiary/aromatic N) is 1. The Bertz CT molecular complexity index is 617. The fourth-order valence-corrected chi connectivity index (χ4v) is 2.38. The Morgan fingerprint density at radius 3 is 3.25 bits per heavy atom. The van der Waals surface area contributed by atoms with Crippen molar-refractivity contribution in [3.8, 4) is 0 Å². The van der Waals surface area contributed by atoms with Gasteiger partial charge in [-0.15, -0.1) is 0 Å². The maximum Gasteiger partial charge on any atom is 0.251 e. The maximum atomic E-state index is 12.2. The molecule has 0 spiro atoms. The van der Waals surface area contributed by atoms with Crippen LogP contribution in [0.1, 0.15) is 16.8 Å². The minimum absolute atomic E-state index is 0.121. The number of aromatic amines is 1. The minimum Gasteiger partial charge on any atom is -0.378 e. The first-order chi connectivity index (χ1) is 9.72. The highest BCUT2D eigenvalue weighted by molar-refractivity contribution is 5.97. The second-order valence-electron chi connectivity index (χ2n) is 5.01. The van der Waals surface area contributed by atoms with Crippen molar-refractivity contribution in [2.75, 3.05) is 26.9 Å². The van der Waals surface area contributed by atoms with Gasteiger partial charge in [0.15, 0.2) is 0 Å². The van der Waals surface area contributed by atoms with Crippen molar-refractivity contribution >= 4 is 16.9 Å². The second-order valence-corrected chi connectivity index (χ2v) is 5.01. The summed E-state index contributed by atoms with van der Waals surface area (Å²) in [6.07, 6.45) is 2.41. The summed E-state index contributed by atoms with van der Waals surface area (Å²) in [7, 11) is 1.65. The van der Waals surface area contributed by atoms with Gasteiger partial charge in [0.05, 0.1) is 24.0 Å². The standard InChI is InChI=1S/C14H17N3O3/c1-19-14(4-5-20-8-14)7-15-13(18)10-2-3-11-12(6-10)17-9-16-11/h2-3,6,9H,4-5,7-8H2,1H3,(H,15,18)(H,16,17). The van der Waals surface area contributed by atoms with Gasteiger partial charge in [-0.3, -0.25) is 4.79 Å². The molecule has 0 bridgehead atoms. The SMILES string of the molecule is COC1(CNC(=O)c2ccc3nc[nH]c3c2)CCOC1. The molecule has 1 atom stereocenters. The lowest BCUT2D eigenvalue weighted by atomic mass is 10.0. The van der Waals surface area contributed by atoms with Crippen molar-refractivity contribution in [1.29, 1.82) is 0 Å². The molecule has 1 unspecified atom stereocenters. The molecule has 6 heteroatoms. The number of imidazole rings is 1. The van der Waals surface area contributed by atoms with Crippen LogP contribution in [0, 0.1) is 0 Å². The molecule has 1 aromatic heterocycles. The molecule has 6 nitrogen and oxygen atoms in total. The third-order valence-corrected chi connectivity index (χ3v) is 3.75. The van der Waals surface area contributed by atoms with Crippen LogP contribution in [-0.4, -0.2) is 48.3 Å². The van der Waals surface area contributed by atoms with Crippen molar-refractivity contribution in [1.82, 2.24) is 15.3 Å². The van der Waals surface area contributed by atoms with Gasteiger partial charge < -0.3 is 19.8 Å². The Morgan fingerprint density at radius 2 is 2.50 bits per heavy atom. The summed E-state index contributed by atoms with van der Waals surface area (Å²) in [4.78, 5) is 19.3. The molecule has 1 fully saturated rings. The van der Waals surface area contributed by atoms with Gasteiger partial charge in [-0.25, -0.2) is 4.98 Å². The van der Waals surface area contributed by atoms with Crippen LogP contribution in [0.25, 0.3) is 11.0 Å². The number of benzene rings is 1. The zero-order valence-electron chi connectivity index (χ0n) is 11.3. The average Bonchev–Trinajstić information content (AvgIpc) is 3.13. The van der Waals surface area contributed by atoms with E-state index in [9.17, 15) is 4.79 Å². The summed E-state index contributed by atoms with van der Waals surface area (Å²) in [5.74, 6) is -0.121. The number of H-pyrrole nitrogens is 1. The lowest BCUT2D eigenvalue weighted by molar-refractivity contribution is -0.0148. The molecule has 0 aliphatic carbocycles. The fourth-order valence-electron chi connectivity index (χ4n) is 2.38. The van der Waals surface area contributed by atoms with Crippen LogP contribution < -0.4 is 5.32 Å². The molecule has 2 N–H and O–H groups in total. The highest BCUT2D eigenvalue weighted by Crippen LogP contribution is 2.21. The first-order valence-corrected chi connectivity index (χ1v) is 6.57. The van der Waals surface area contributed by atoms with Gasteiger partial charge >= 0.3 is 0 Å². The van der Waals surface area contributed by atoms with Crippen LogP contribution in [0.3, 0.4) is 0 Å². The predicted molar refractivity (Wildman–Crippen MR) is 73.6 cm³/mol. The highest BCUT2D eigenvalue weighted by atomic mass is 16.5. The smallest absolute Gasteiger partial charge is 0.251 e. The topological polar surface area (TPSA) is 76.2 Å². The fraction of sp³-hybridized carbons (Fsp3) is 0.429. The first-order valence-electron chi connectivity index (χ1n) is 6.57. The molecule has 106 valence electrons. The van der Waals surface area contributed by atoms with Gasteiger partial charge in [-0.05, 0) is 18.2 Å². The normalized spacial score (nSPS) is 22.2. The van der Waals surface area contributed by atoms with Crippen molar-refractivity contribution in [2.24, 2.45) is 0 Å². The molecule has 2 heterocycles. The lowest BCUT2D eigenvalue weighted by Gasteiger charge is -2.25. The van der Waals surface area contributed by atoms with Crippen LogP contribution in [-0.2, 0) is 9.47 Å². The first kappa shape index (κ1) is 13.1. The molecule has 1 aliphatic heterocycles. The largest absolute Gasteiger partial charge is 0.378 e. The van der Waals surface area contributed by atoms with Gasteiger partial charge in [-0.1, -0.05) is 0 Å². The third-order valence-electron chi connectivity index (χ3n) is 3.75. The molecule has 3 rings (SSSR count). The number of fused-ring (bicyclic) bond motifs is 1. The van der Waals surface area contributed by atoms with E-state index in [1.54, 1.807) is 25.6 Å². The predicted octanol–water partition coefficient (Wildman–Crippen LogP) is 1.10. The van der Waals surface area contributed by atoms with E-state index in [0.717, 1.165) is 17.5 Å². The number of ether oxygens (including phenoxy) is 2. The van der Waals surface area contributed by atoms with Crippen molar-refractivity contribution in [3.63, 3.8) is 0 Å². The van der Waals surface area contributed by atoms with E-state index >= 15 is 0 Å². The number of nitrogens with one attached hydrogen (secondary N) is 2. The number of methoxy groups -OCH3 is 1. The number of carbonyl (C=O) groups excluding carboxylic acids is 1. The van der Waals surface area contributed by atoms with Crippen LogP contribution in [0.5, 0.6) is 0 Å². The van der Waals surface area contributed by atoms with Gasteiger partial charge in [0, 0.05) is 32.2 Å². The summed E-state index contributed by atoms with van der Waals surface area (Å²) < 4.78 is 10.8. The Kier molecular flexibility index (Phi) is 3.42. The van der Waals surface area contributed by atoms with E-state index in [1.165, 1.54) is 0 Å². The Labute approximate surface area is 116 Å².